The topological polar surface area (TPSA) is 241 Å². The molecule has 55 heavy (non-hydrogen) atoms. The Balaban J connectivity index is 0.000000634. The first-order chi connectivity index (χ1) is 25.8. The fraction of sp³-hybridized carbons (Fsp3) is 0. The number of carbonyl (C=O) groups is 6. The molecule has 0 aromatic heterocycles. The van der Waals surface area contributed by atoms with Gasteiger partial charge in [0.2, 0.25) is 0 Å². The normalized spacial score (nSPS) is 8.73. The zero-order valence-corrected chi connectivity index (χ0v) is 30.6. The summed E-state index contributed by atoms with van der Waals surface area (Å²) < 4.78 is 0. The number of carboxylic acid groups (broad SMARTS) is 6. The van der Waals surface area contributed by atoms with Gasteiger partial charge in [-0.05, 0) is 33.4 Å². The average Bonchev–Trinajstić information content (AvgIpc) is 3.21. The molecule has 0 aliphatic rings. The fourth-order valence-corrected chi connectivity index (χ4v) is 3.45. The van der Waals surface area contributed by atoms with E-state index in [2.05, 4.69) is 0 Å². The van der Waals surface area contributed by atoms with Crippen LogP contribution in [0.2, 0.25) is 0 Å². The molecule has 6 rings (SSSR count). The number of carbonyl (C=O) groups excluding carboxylic acids is 6. The van der Waals surface area contributed by atoms with Crippen LogP contribution in [0.15, 0.2) is 182 Å². The third-order valence-corrected chi connectivity index (χ3v) is 6.06. The molecule has 0 atom stereocenters. The molecule has 0 fully saturated rings. The van der Waals surface area contributed by atoms with Crippen LogP contribution in [0.25, 0.3) is 0 Å². The van der Waals surface area contributed by atoms with Crippen LogP contribution in [0.1, 0.15) is 62.1 Å². The van der Waals surface area contributed by atoms with Gasteiger partial charge in [-0.15, -0.1) is 0 Å². The Hall–Kier alpha value is -7.17. The van der Waals surface area contributed by atoms with E-state index in [0.717, 1.165) is 0 Å². The SMILES string of the molecule is O=C([O-])c1ccccc1.O=C([O-])c1ccccc1.O=C([O-])c1ccccc1.O=C([O-])c1ccccc1.O=C([O-])c1ccccc1.O=C([O-])c1ccccc1.[Mo+6]. The van der Waals surface area contributed by atoms with Gasteiger partial charge in [0.25, 0.3) is 0 Å². The Morgan fingerprint density at radius 1 is 0.218 bits per heavy atom. The third-order valence-electron chi connectivity index (χ3n) is 6.06. The van der Waals surface area contributed by atoms with Gasteiger partial charge in [-0.2, -0.15) is 0 Å². The van der Waals surface area contributed by atoms with E-state index in [1.165, 1.54) is 72.8 Å². The monoisotopic (exact) mass is 824 g/mol. The predicted octanol–water partition coefficient (Wildman–Crippen LogP) is 0.298. The predicted molar refractivity (Wildman–Crippen MR) is 185 cm³/mol. The van der Waals surface area contributed by atoms with Gasteiger partial charge in [0, 0.05) is 0 Å². The summed E-state index contributed by atoms with van der Waals surface area (Å²) in [5.74, 6) is -6.77. The van der Waals surface area contributed by atoms with Crippen LogP contribution in [-0.4, -0.2) is 35.8 Å². The van der Waals surface area contributed by atoms with Crippen molar-refractivity contribution in [1.82, 2.24) is 0 Å². The minimum atomic E-state index is -1.13. The molecule has 276 valence electrons. The van der Waals surface area contributed by atoms with Crippen molar-refractivity contribution < 1.29 is 80.5 Å². The van der Waals surface area contributed by atoms with E-state index in [4.69, 9.17) is 0 Å². The van der Waals surface area contributed by atoms with E-state index in [-0.39, 0.29) is 54.4 Å². The van der Waals surface area contributed by atoms with E-state index < -0.39 is 35.8 Å². The summed E-state index contributed by atoms with van der Waals surface area (Å²) in [6.07, 6.45) is 0. The molecule has 0 saturated heterocycles. The smallest absolute Gasteiger partial charge is 0.545 e. The Morgan fingerprint density at radius 3 is 0.364 bits per heavy atom. The number of aromatic carboxylic acids is 6. The number of carboxylic acids is 6. The molecule has 0 spiro atoms. The minimum absolute atomic E-state index is 0. The van der Waals surface area contributed by atoms with Gasteiger partial charge in [0.15, 0.2) is 0 Å². The third kappa shape index (κ3) is 22.4. The maximum atomic E-state index is 10.1. The molecule has 0 aliphatic heterocycles. The van der Waals surface area contributed by atoms with Gasteiger partial charge in [-0.25, -0.2) is 0 Å². The molecule has 0 bridgehead atoms. The zero-order valence-electron chi connectivity index (χ0n) is 28.6. The maximum absolute atomic E-state index is 10.1. The molecular formula is C42H30MoO12. The number of hydrogen-bond donors (Lipinski definition) is 0. The van der Waals surface area contributed by atoms with E-state index in [0.29, 0.717) is 0 Å². The van der Waals surface area contributed by atoms with Crippen LogP contribution in [0.3, 0.4) is 0 Å². The Kier molecular flexibility index (Phi) is 24.7. The maximum Gasteiger partial charge on any atom is 6.00 e. The van der Waals surface area contributed by atoms with Crippen LogP contribution in [0.4, 0.5) is 0 Å². The zero-order chi connectivity index (χ0) is 40.1. The second-order valence-electron chi connectivity index (χ2n) is 9.92. The molecule has 0 unspecified atom stereocenters. The van der Waals surface area contributed by atoms with Gasteiger partial charge in [0.05, 0.1) is 35.8 Å². The molecule has 6 aromatic carbocycles. The van der Waals surface area contributed by atoms with Crippen molar-refractivity contribution in [2.24, 2.45) is 0 Å². The number of rotatable bonds is 6. The van der Waals surface area contributed by atoms with Crippen molar-refractivity contribution in [1.29, 1.82) is 0 Å². The summed E-state index contributed by atoms with van der Waals surface area (Å²) in [7, 11) is 0. The molecule has 0 heterocycles. The molecule has 0 N–H and O–H groups in total. The second kappa shape index (κ2) is 28.4. The first-order valence-corrected chi connectivity index (χ1v) is 15.4. The van der Waals surface area contributed by atoms with Crippen LogP contribution in [-0.2, 0) is 21.1 Å². The second-order valence-corrected chi connectivity index (χ2v) is 9.92. The summed E-state index contributed by atoms with van der Waals surface area (Å²) in [4.78, 5) is 60.5. The average molecular weight is 823 g/mol. The molecule has 0 amide bonds. The van der Waals surface area contributed by atoms with Crippen molar-refractivity contribution in [3.8, 4) is 0 Å². The van der Waals surface area contributed by atoms with Crippen molar-refractivity contribution in [3.05, 3.63) is 215 Å². The summed E-state index contributed by atoms with van der Waals surface area (Å²) in [6.45, 7) is 0. The quantitative estimate of drug-likeness (QED) is 0.206. The molecule has 0 saturated carbocycles. The Bertz CT molecular complexity index is 1610. The Morgan fingerprint density at radius 2 is 0.309 bits per heavy atom. The molecule has 0 aliphatic carbocycles. The van der Waals surface area contributed by atoms with Crippen molar-refractivity contribution >= 4 is 35.8 Å². The van der Waals surface area contributed by atoms with E-state index in [1.807, 2.05) is 0 Å². The Labute approximate surface area is 330 Å². The van der Waals surface area contributed by atoms with Gasteiger partial charge in [0.1, 0.15) is 0 Å². The summed E-state index contributed by atoms with van der Waals surface area (Å²) >= 11 is 0. The van der Waals surface area contributed by atoms with E-state index in [1.54, 1.807) is 109 Å². The van der Waals surface area contributed by atoms with Crippen LogP contribution < -0.4 is 30.6 Å². The van der Waals surface area contributed by atoms with Gasteiger partial charge in [-0.1, -0.05) is 182 Å². The van der Waals surface area contributed by atoms with Crippen molar-refractivity contribution in [2.75, 3.05) is 0 Å². The van der Waals surface area contributed by atoms with Crippen molar-refractivity contribution in [3.63, 3.8) is 0 Å². The van der Waals surface area contributed by atoms with E-state index >= 15 is 0 Å². The molecule has 12 nitrogen and oxygen atoms in total. The largest absolute Gasteiger partial charge is 6.00 e. The fourth-order valence-electron chi connectivity index (χ4n) is 3.45. The van der Waals surface area contributed by atoms with Gasteiger partial charge >= 0.3 is 21.1 Å². The van der Waals surface area contributed by atoms with Gasteiger partial charge < -0.3 is 59.4 Å². The molecular weight excluding hydrogens is 792 g/mol. The first kappa shape index (κ1) is 47.8. The van der Waals surface area contributed by atoms with Crippen molar-refractivity contribution in [2.45, 2.75) is 0 Å². The minimum Gasteiger partial charge on any atom is -0.545 e. The van der Waals surface area contributed by atoms with Gasteiger partial charge in [-0.3, -0.25) is 0 Å². The number of benzene rings is 6. The first-order valence-electron chi connectivity index (χ1n) is 15.4. The molecule has 0 radical (unpaired) electrons. The number of hydrogen-bond acceptors (Lipinski definition) is 12. The van der Waals surface area contributed by atoms with Crippen LogP contribution in [0, 0.1) is 0 Å². The molecule has 6 aromatic rings. The summed E-state index contributed by atoms with van der Waals surface area (Å²) in [5.41, 5.74) is 1.32. The standard InChI is InChI=1S/6C7H6O2.Mo/c6*8-7(9)6-4-2-1-3-5-6;/h6*1-5H,(H,8,9);/q;;;;;;+6/p-6. The molecule has 13 heteroatoms. The summed E-state index contributed by atoms with van der Waals surface area (Å²) in [5, 5.41) is 60.5. The summed E-state index contributed by atoms with van der Waals surface area (Å²) in [6, 6.07) is 48.4. The van der Waals surface area contributed by atoms with Crippen LogP contribution >= 0.6 is 0 Å². The van der Waals surface area contributed by atoms with E-state index in [9.17, 15) is 59.4 Å². The van der Waals surface area contributed by atoms with Crippen LogP contribution in [0.5, 0.6) is 0 Å².